The van der Waals surface area contributed by atoms with Gasteiger partial charge in [0.15, 0.2) is 0 Å². The number of rotatable bonds is 3. The number of thioether (sulfide) groups is 1. The maximum atomic E-state index is 5.96. The van der Waals surface area contributed by atoms with Crippen LogP contribution in [0, 0.1) is 0 Å². The highest BCUT2D eigenvalue weighted by Crippen LogP contribution is 2.57. The van der Waals surface area contributed by atoms with E-state index >= 15 is 0 Å². The van der Waals surface area contributed by atoms with E-state index in [1.807, 2.05) is 11.8 Å². The Morgan fingerprint density at radius 1 is 1.62 bits per heavy atom. The van der Waals surface area contributed by atoms with Crippen LogP contribution in [0.15, 0.2) is 0 Å². The Hall–Kier alpha value is -0.220. The number of aromatic nitrogens is 1. The van der Waals surface area contributed by atoms with E-state index in [1.54, 1.807) is 11.3 Å². The summed E-state index contributed by atoms with van der Waals surface area (Å²) in [5.74, 6) is 0. The summed E-state index contributed by atoms with van der Waals surface area (Å²) in [5.41, 5.74) is 7.12. The molecule has 0 radical (unpaired) electrons. The summed E-state index contributed by atoms with van der Waals surface area (Å²) < 4.78 is 0.286. The zero-order chi connectivity index (χ0) is 9.47. The van der Waals surface area contributed by atoms with Gasteiger partial charge in [0.05, 0.1) is 15.4 Å². The topological polar surface area (TPSA) is 38.9 Å². The first-order chi connectivity index (χ1) is 6.22. The summed E-state index contributed by atoms with van der Waals surface area (Å²) in [6.45, 7) is 2.13. The molecule has 1 aromatic rings. The van der Waals surface area contributed by atoms with E-state index in [1.165, 1.54) is 17.8 Å². The molecule has 2 nitrogen and oxygen atoms in total. The molecule has 0 amide bonds. The Balaban J connectivity index is 2.34. The summed E-state index contributed by atoms with van der Waals surface area (Å²) in [6.07, 6.45) is 5.63. The molecule has 1 aromatic heterocycles. The van der Waals surface area contributed by atoms with E-state index in [0.717, 1.165) is 17.1 Å². The molecule has 1 saturated carbocycles. The predicted octanol–water partition coefficient (Wildman–Crippen LogP) is 2.64. The number of hydrogen-bond donors (Lipinski definition) is 1. The van der Waals surface area contributed by atoms with Crippen molar-refractivity contribution in [2.75, 3.05) is 12.0 Å². The van der Waals surface area contributed by atoms with Crippen molar-refractivity contribution in [2.45, 2.75) is 30.9 Å². The molecule has 1 heterocycles. The Kier molecular flexibility index (Phi) is 2.28. The molecule has 13 heavy (non-hydrogen) atoms. The van der Waals surface area contributed by atoms with E-state index in [9.17, 15) is 0 Å². The minimum Gasteiger partial charge on any atom is -0.389 e. The number of aryl methyl sites for hydroxylation is 1. The second-order valence-electron chi connectivity index (χ2n) is 3.37. The van der Waals surface area contributed by atoms with E-state index in [-0.39, 0.29) is 4.75 Å². The van der Waals surface area contributed by atoms with Gasteiger partial charge >= 0.3 is 0 Å². The summed E-state index contributed by atoms with van der Waals surface area (Å²) >= 11 is 3.54. The Labute approximate surface area is 86.9 Å². The minimum absolute atomic E-state index is 0.286. The number of nitrogens with two attached hydrogens (primary N) is 1. The third-order valence-corrected chi connectivity index (χ3v) is 4.94. The van der Waals surface area contributed by atoms with Crippen LogP contribution in [0.3, 0.4) is 0 Å². The molecule has 72 valence electrons. The number of nitrogen functional groups attached to an aromatic ring is 1. The summed E-state index contributed by atoms with van der Waals surface area (Å²) in [7, 11) is 0. The smallest absolute Gasteiger partial charge is 0.111 e. The molecular formula is C9H14N2S2. The third-order valence-electron chi connectivity index (χ3n) is 2.53. The number of nitrogens with zero attached hydrogens (tertiary/aromatic N) is 1. The number of anilines is 1. The van der Waals surface area contributed by atoms with Crippen LogP contribution < -0.4 is 5.73 Å². The lowest BCUT2D eigenvalue weighted by molar-refractivity contribution is 0.946. The van der Waals surface area contributed by atoms with Crippen molar-refractivity contribution >= 4 is 28.1 Å². The average molecular weight is 214 g/mol. The van der Waals surface area contributed by atoms with Crippen LogP contribution in [0.25, 0.3) is 0 Å². The van der Waals surface area contributed by atoms with Crippen molar-refractivity contribution in [3.8, 4) is 0 Å². The molecule has 0 aromatic carbocycles. The highest BCUT2D eigenvalue weighted by molar-refractivity contribution is 7.99. The van der Waals surface area contributed by atoms with Crippen molar-refractivity contribution in [3.63, 3.8) is 0 Å². The van der Waals surface area contributed by atoms with Gasteiger partial charge in [-0.15, -0.1) is 11.3 Å². The second kappa shape index (κ2) is 3.17. The molecule has 0 atom stereocenters. The molecule has 0 spiro atoms. The Morgan fingerprint density at radius 2 is 2.31 bits per heavy atom. The highest BCUT2D eigenvalue weighted by Gasteiger charge is 2.47. The minimum atomic E-state index is 0.286. The number of hydrogen-bond acceptors (Lipinski definition) is 4. The molecule has 0 unspecified atom stereocenters. The second-order valence-corrected chi connectivity index (χ2v) is 5.68. The van der Waals surface area contributed by atoms with E-state index in [2.05, 4.69) is 18.2 Å². The molecule has 1 aliphatic carbocycles. The quantitative estimate of drug-likeness (QED) is 0.840. The molecular weight excluding hydrogens is 200 g/mol. The third kappa shape index (κ3) is 1.46. The van der Waals surface area contributed by atoms with Gasteiger partial charge in [-0.1, -0.05) is 6.92 Å². The van der Waals surface area contributed by atoms with Crippen LogP contribution in [0.5, 0.6) is 0 Å². The van der Waals surface area contributed by atoms with E-state index < -0.39 is 0 Å². The molecule has 2 rings (SSSR count). The van der Waals surface area contributed by atoms with Gasteiger partial charge in [0.1, 0.15) is 5.00 Å². The largest absolute Gasteiger partial charge is 0.389 e. The van der Waals surface area contributed by atoms with Gasteiger partial charge < -0.3 is 5.73 Å². The summed E-state index contributed by atoms with van der Waals surface area (Å²) in [4.78, 5) is 4.61. The van der Waals surface area contributed by atoms with E-state index in [0.29, 0.717) is 0 Å². The molecule has 4 heteroatoms. The Morgan fingerprint density at radius 3 is 2.69 bits per heavy atom. The zero-order valence-corrected chi connectivity index (χ0v) is 9.60. The van der Waals surface area contributed by atoms with Gasteiger partial charge in [-0.3, -0.25) is 0 Å². The number of thiazole rings is 1. The standard InChI is InChI=1S/C9H14N2S2/c1-3-6-11-7(8(10)13-6)9(12-2)4-5-9/h3-5,10H2,1-2H3. The maximum Gasteiger partial charge on any atom is 0.111 e. The first-order valence-corrected chi connectivity index (χ1v) is 6.57. The Bertz CT molecular complexity index is 315. The van der Waals surface area contributed by atoms with E-state index in [4.69, 9.17) is 5.73 Å². The zero-order valence-electron chi connectivity index (χ0n) is 7.96. The van der Waals surface area contributed by atoms with Crippen molar-refractivity contribution in [1.82, 2.24) is 4.98 Å². The van der Waals surface area contributed by atoms with Gasteiger partial charge in [-0.2, -0.15) is 11.8 Å². The van der Waals surface area contributed by atoms with Crippen molar-refractivity contribution in [3.05, 3.63) is 10.7 Å². The summed E-state index contributed by atoms with van der Waals surface area (Å²) in [6, 6.07) is 0. The first-order valence-electron chi connectivity index (χ1n) is 4.52. The van der Waals surface area contributed by atoms with Crippen molar-refractivity contribution in [2.24, 2.45) is 0 Å². The van der Waals surface area contributed by atoms with Crippen LogP contribution in [0.4, 0.5) is 5.00 Å². The molecule has 1 fully saturated rings. The lowest BCUT2D eigenvalue weighted by atomic mass is 10.3. The van der Waals surface area contributed by atoms with Crippen LogP contribution in [-0.2, 0) is 11.2 Å². The molecule has 2 N–H and O–H groups in total. The molecule has 0 saturated heterocycles. The van der Waals surface area contributed by atoms with Gasteiger partial charge in [0.2, 0.25) is 0 Å². The van der Waals surface area contributed by atoms with Crippen molar-refractivity contribution in [1.29, 1.82) is 0 Å². The monoisotopic (exact) mass is 214 g/mol. The fourth-order valence-electron chi connectivity index (χ4n) is 1.51. The maximum absolute atomic E-state index is 5.96. The van der Waals surface area contributed by atoms with Gasteiger partial charge in [0.25, 0.3) is 0 Å². The first kappa shape index (κ1) is 9.34. The normalized spacial score (nSPS) is 18.9. The fraction of sp³-hybridized carbons (Fsp3) is 0.667. The highest BCUT2D eigenvalue weighted by atomic mass is 32.2. The average Bonchev–Trinajstić information content (AvgIpc) is 2.85. The molecule has 1 aliphatic rings. The predicted molar refractivity (Wildman–Crippen MR) is 60.3 cm³/mol. The molecule has 0 aliphatic heterocycles. The lowest BCUT2D eigenvalue weighted by Gasteiger charge is -2.08. The van der Waals surface area contributed by atoms with Crippen LogP contribution >= 0.6 is 23.1 Å². The summed E-state index contributed by atoms with van der Waals surface area (Å²) in [5, 5.41) is 2.11. The van der Waals surface area contributed by atoms with Crippen LogP contribution in [-0.4, -0.2) is 11.2 Å². The SMILES string of the molecule is CCc1nc(C2(SC)CC2)c(N)s1. The van der Waals surface area contributed by atoms with Crippen LogP contribution in [0.2, 0.25) is 0 Å². The fourth-order valence-corrected chi connectivity index (χ4v) is 3.30. The van der Waals surface area contributed by atoms with Crippen molar-refractivity contribution < 1.29 is 0 Å². The lowest BCUT2D eigenvalue weighted by Crippen LogP contribution is -2.03. The molecule has 0 bridgehead atoms. The van der Waals surface area contributed by atoms with Gasteiger partial charge in [0, 0.05) is 0 Å². The van der Waals surface area contributed by atoms with Gasteiger partial charge in [-0.25, -0.2) is 4.98 Å². The van der Waals surface area contributed by atoms with Gasteiger partial charge in [-0.05, 0) is 25.5 Å². The van der Waals surface area contributed by atoms with Crippen LogP contribution in [0.1, 0.15) is 30.5 Å².